The third-order valence-corrected chi connectivity index (χ3v) is 5.56. The number of hydrogen-bond donors (Lipinski definition) is 2. The Hall–Kier alpha value is -1.92. The number of nitrogens with zero attached hydrogens (tertiary/aromatic N) is 2. The lowest BCUT2D eigenvalue weighted by molar-refractivity contribution is -0.386. The zero-order valence-electron chi connectivity index (χ0n) is 14.6. The first-order valence-electron chi connectivity index (χ1n) is 8.24. The number of nitro benzene ring substituents is 1. The summed E-state index contributed by atoms with van der Waals surface area (Å²) in [6.45, 7) is 1.35. The summed E-state index contributed by atoms with van der Waals surface area (Å²) in [5.41, 5.74) is -0.627. The van der Waals surface area contributed by atoms with Crippen molar-refractivity contribution in [3.63, 3.8) is 0 Å². The zero-order valence-corrected chi connectivity index (χ0v) is 15.4. The number of likely N-dealkylation sites (tertiary alicyclic amines) is 1. The number of halogens is 3. The second-order valence-corrected chi connectivity index (χ2v) is 8.15. The molecule has 152 valence electrons. The molecule has 1 aromatic rings. The number of nitrogens with one attached hydrogen (secondary N) is 1. The van der Waals surface area contributed by atoms with Crippen molar-refractivity contribution in [1.29, 1.82) is 0 Å². The highest BCUT2D eigenvalue weighted by atomic mass is 32.2. The smallest absolute Gasteiger partial charge is 0.377 e. The number of benzene rings is 1. The number of hydrogen-bond acceptors (Lipinski definition) is 6. The van der Waals surface area contributed by atoms with Gasteiger partial charge in [-0.2, -0.15) is 13.2 Å². The van der Waals surface area contributed by atoms with Crippen LogP contribution < -0.4 is 10.5 Å². The maximum absolute atomic E-state index is 12.5. The van der Waals surface area contributed by atoms with Crippen molar-refractivity contribution < 1.29 is 26.5 Å². The number of piperidine rings is 1. The fourth-order valence-electron chi connectivity index (χ4n) is 3.28. The number of primary sulfonamides is 1. The minimum atomic E-state index is -4.28. The van der Waals surface area contributed by atoms with Crippen molar-refractivity contribution in [3.8, 4) is 0 Å². The summed E-state index contributed by atoms with van der Waals surface area (Å²) < 4.78 is 60.6. The quantitative estimate of drug-likeness (QED) is 0.549. The van der Waals surface area contributed by atoms with Crippen molar-refractivity contribution in [2.75, 3.05) is 25.0 Å². The van der Waals surface area contributed by atoms with Gasteiger partial charge in [0.1, 0.15) is 5.69 Å². The summed E-state index contributed by atoms with van der Waals surface area (Å²) in [6, 6.07) is 3.47. The van der Waals surface area contributed by atoms with E-state index in [0.717, 1.165) is 6.07 Å². The molecule has 12 heteroatoms. The van der Waals surface area contributed by atoms with Crippen molar-refractivity contribution in [1.82, 2.24) is 4.90 Å². The van der Waals surface area contributed by atoms with Gasteiger partial charge in [-0.3, -0.25) is 15.0 Å². The van der Waals surface area contributed by atoms with Crippen LogP contribution in [-0.4, -0.2) is 50.1 Å². The lowest BCUT2D eigenvalue weighted by Gasteiger charge is -2.35. The molecule has 8 nitrogen and oxygen atoms in total. The lowest BCUT2D eigenvalue weighted by atomic mass is 9.90. The number of rotatable bonds is 6. The van der Waals surface area contributed by atoms with E-state index in [-0.39, 0.29) is 30.7 Å². The minimum Gasteiger partial charge on any atom is -0.377 e. The third-order valence-electron chi connectivity index (χ3n) is 4.61. The van der Waals surface area contributed by atoms with E-state index in [1.165, 1.54) is 17.0 Å². The molecule has 1 aromatic carbocycles. The van der Waals surface area contributed by atoms with Gasteiger partial charge in [0.05, 0.1) is 11.5 Å². The van der Waals surface area contributed by atoms with Gasteiger partial charge in [-0.15, -0.1) is 0 Å². The molecule has 0 amide bonds. The van der Waals surface area contributed by atoms with Crippen LogP contribution in [-0.2, 0) is 10.0 Å². The first-order chi connectivity index (χ1) is 12.4. The number of nitrogens with two attached hydrogens (primary N) is 1. The summed E-state index contributed by atoms with van der Waals surface area (Å²) in [5, 5.41) is 19.3. The van der Waals surface area contributed by atoms with Crippen molar-refractivity contribution in [2.24, 2.45) is 11.1 Å². The molecular weight excluding hydrogens is 389 g/mol. The zero-order chi connectivity index (χ0) is 20.4. The standard InChI is InChI=1S/C15H21F3N4O4S/c1-10(11-5-7-21(8-6-11)9-15(16,17)18)20-12-3-2-4-13(27(19,25)26)14(12)22(23)24/h2-4,10-11,20H,5-9H2,1H3,(H2,19,25,26). The van der Waals surface area contributed by atoms with Crippen LogP contribution in [0.4, 0.5) is 24.5 Å². The molecular formula is C15H21F3N4O4S. The molecule has 1 unspecified atom stereocenters. The average Bonchev–Trinajstić information content (AvgIpc) is 2.52. The highest BCUT2D eigenvalue weighted by molar-refractivity contribution is 7.89. The summed E-state index contributed by atoms with van der Waals surface area (Å²) >= 11 is 0. The van der Waals surface area contributed by atoms with E-state index >= 15 is 0 Å². The van der Waals surface area contributed by atoms with Crippen LogP contribution in [0.5, 0.6) is 0 Å². The van der Waals surface area contributed by atoms with Gasteiger partial charge in [0, 0.05) is 6.04 Å². The Bertz CT molecular complexity index is 793. The van der Waals surface area contributed by atoms with E-state index in [4.69, 9.17) is 5.14 Å². The van der Waals surface area contributed by atoms with Crippen LogP contribution in [0.3, 0.4) is 0 Å². The SMILES string of the molecule is CC(Nc1cccc(S(N)(=O)=O)c1[N+](=O)[O-])C1CCN(CC(F)(F)F)CC1. The second kappa shape index (κ2) is 7.98. The molecule has 0 radical (unpaired) electrons. The molecule has 0 aliphatic carbocycles. The van der Waals surface area contributed by atoms with Crippen molar-refractivity contribution in [2.45, 2.75) is 36.9 Å². The van der Waals surface area contributed by atoms with Gasteiger partial charge in [0.2, 0.25) is 10.0 Å². The molecule has 0 saturated carbocycles. The van der Waals surface area contributed by atoms with E-state index < -0.39 is 38.3 Å². The number of anilines is 1. The van der Waals surface area contributed by atoms with Crippen LogP contribution in [0.25, 0.3) is 0 Å². The van der Waals surface area contributed by atoms with E-state index in [2.05, 4.69) is 5.32 Å². The fraction of sp³-hybridized carbons (Fsp3) is 0.600. The Kier molecular flexibility index (Phi) is 6.32. The fourth-order valence-corrected chi connectivity index (χ4v) is 4.01. The van der Waals surface area contributed by atoms with E-state index in [1.807, 2.05) is 0 Å². The Labute approximate surface area is 154 Å². The Morgan fingerprint density at radius 2 is 1.96 bits per heavy atom. The number of nitro groups is 1. The maximum atomic E-state index is 12.5. The molecule has 0 aromatic heterocycles. The molecule has 0 spiro atoms. The highest BCUT2D eigenvalue weighted by Crippen LogP contribution is 2.33. The molecule has 1 aliphatic rings. The average molecular weight is 410 g/mol. The van der Waals surface area contributed by atoms with E-state index in [0.29, 0.717) is 12.8 Å². The summed E-state index contributed by atoms with van der Waals surface area (Å²) in [6.07, 6.45) is -3.26. The van der Waals surface area contributed by atoms with Crippen LogP contribution >= 0.6 is 0 Å². The molecule has 1 saturated heterocycles. The normalized spacial score (nSPS) is 18.3. The topological polar surface area (TPSA) is 119 Å². The van der Waals surface area contributed by atoms with Crippen LogP contribution in [0.15, 0.2) is 23.1 Å². The lowest BCUT2D eigenvalue weighted by Crippen LogP contribution is -2.43. The molecule has 1 aliphatic heterocycles. The van der Waals surface area contributed by atoms with Gasteiger partial charge in [0.15, 0.2) is 4.90 Å². The number of para-hydroxylation sites is 1. The highest BCUT2D eigenvalue weighted by Gasteiger charge is 2.34. The summed E-state index contributed by atoms with van der Waals surface area (Å²) in [7, 11) is -4.28. The summed E-state index contributed by atoms with van der Waals surface area (Å²) in [5.74, 6) is -0.00720. The van der Waals surface area contributed by atoms with Gasteiger partial charge in [-0.05, 0) is 50.9 Å². The largest absolute Gasteiger partial charge is 0.401 e. The van der Waals surface area contributed by atoms with Gasteiger partial charge in [-0.25, -0.2) is 13.6 Å². The first-order valence-corrected chi connectivity index (χ1v) is 9.79. The third kappa shape index (κ3) is 5.78. The maximum Gasteiger partial charge on any atom is 0.401 e. The van der Waals surface area contributed by atoms with Crippen LogP contribution in [0.2, 0.25) is 0 Å². The molecule has 1 fully saturated rings. The minimum absolute atomic E-state index is 0.00720. The second-order valence-electron chi connectivity index (χ2n) is 6.62. The Morgan fingerprint density at radius 1 is 1.37 bits per heavy atom. The monoisotopic (exact) mass is 410 g/mol. The predicted octanol–water partition coefficient (Wildman–Crippen LogP) is 2.32. The van der Waals surface area contributed by atoms with Crippen LogP contribution in [0.1, 0.15) is 19.8 Å². The van der Waals surface area contributed by atoms with E-state index in [9.17, 15) is 31.7 Å². The molecule has 3 N–H and O–H groups in total. The van der Waals surface area contributed by atoms with Crippen molar-refractivity contribution in [3.05, 3.63) is 28.3 Å². The van der Waals surface area contributed by atoms with E-state index in [1.54, 1.807) is 6.92 Å². The van der Waals surface area contributed by atoms with Gasteiger partial charge in [0.25, 0.3) is 0 Å². The molecule has 27 heavy (non-hydrogen) atoms. The predicted molar refractivity (Wildman–Crippen MR) is 92.8 cm³/mol. The van der Waals surface area contributed by atoms with Crippen LogP contribution in [0, 0.1) is 16.0 Å². The number of alkyl halides is 3. The molecule has 2 rings (SSSR count). The molecule has 1 heterocycles. The summed E-state index contributed by atoms with van der Waals surface area (Å²) in [4.78, 5) is 11.3. The Morgan fingerprint density at radius 3 is 2.44 bits per heavy atom. The molecule has 1 atom stereocenters. The number of sulfonamides is 1. The van der Waals surface area contributed by atoms with Gasteiger partial charge < -0.3 is 5.32 Å². The van der Waals surface area contributed by atoms with Gasteiger partial charge in [-0.1, -0.05) is 6.07 Å². The van der Waals surface area contributed by atoms with Gasteiger partial charge >= 0.3 is 11.9 Å². The molecule has 0 bridgehead atoms. The first kappa shape index (κ1) is 21.4. The Balaban J connectivity index is 2.11. The van der Waals surface area contributed by atoms with Crippen molar-refractivity contribution >= 4 is 21.4 Å².